The molecule has 0 atom stereocenters. The van der Waals surface area contributed by atoms with Gasteiger partial charge in [0.05, 0.1) is 6.61 Å². The zero-order valence-corrected chi connectivity index (χ0v) is 12.6. The monoisotopic (exact) mass is 314 g/mol. The van der Waals surface area contributed by atoms with E-state index in [-0.39, 0.29) is 5.97 Å². The van der Waals surface area contributed by atoms with E-state index in [0.29, 0.717) is 19.4 Å². The lowest BCUT2D eigenvalue weighted by molar-refractivity contribution is -0.155. The van der Waals surface area contributed by atoms with Gasteiger partial charge in [0.1, 0.15) is 11.4 Å². The van der Waals surface area contributed by atoms with Gasteiger partial charge in [-0.1, -0.05) is 15.9 Å². The maximum Gasteiger partial charge on any atom is 0.306 e. The first kappa shape index (κ1) is 15.0. The van der Waals surface area contributed by atoms with E-state index in [0.717, 1.165) is 10.2 Å². The van der Waals surface area contributed by atoms with E-state index in [1.165, 1.54) is 0 Å². The number of rotatable bonds is 5. The van der Waals surface area contributed by atoms with Crippen LogP contribution in [0.3, 0.4) is 0 Å². The van der Waals surface area contributed by atoms with Crippen molar-refractivity contribution in [2.75, 3.05) is 6.61 Å². The Morgan fingerprint density at radius 3 is 2.39 bits per heavy atom. The van der Waals surface area contributed by atoms with Crippen molar-refractivity contribution in [3.8, 4) is 5.75 Å². The Labute approximate surface area is 117 Å². The third-order valence-electron chi connectivity index (χ3n) is 2.03. The van der Waals surface area contributed by atoms with Crippen LogP contribution in [0.2, 0.25) is 0 Å². The Kier molecular flexibility index (Phi) is 5.66. The average Bonchev–Trinajstić information content (AvgIpc) is 2.24. The second kappa shape index (κ2) is 6.78. The normalized spacial score (nSPS) is 11.1. The molecule has 0 unspecified atom stereocenters. The highest BCUT2D eigenvalue weighted by molar-refractivity contribution is 9.10. The number of ether oxygens (including phenoxy) is 2. The molecule has 0 amide bonds. The zero-order valence-electron chi connectivity index (χ0n) is 11.0. The molecule has 0 aliphatic rings. The van der Waals surface area contributed by atoms with Crippen LogP contribution in [0.15, 0.2) is 28.7 Å². The molecule has 0 heterocycles. The first-order valence-corrected chi connectivity index (χ1v) is 6.76. The van der Waals surface area contributed by atoms with E-state index >= 15 is 0 Å². The number of hydrogen-bond donors (Lipinski definition) is 0. The smallest absolute Gasteiger partial charge is 0.306 e. The molecule has 0 spiro atoms. The number of benzene rings is 1. The van der Waals surface area contributed by atoms with Gasteiger partial charge in [0.15, 0.2) is 0 Å². The summed E-state index contributed by atoms with van der Waals surface area (Å²) in [5.74, 6) is 0.629. The van der Waals surface area contributed by atoms with Crippen LogP contribution in [-0.4, -0.2) is 18.2 Å². The lowest BCUT2D eigenvalue weighted by atomic mass is 10.2. The number of hydrogen-bond acceptors (Lipinski definition) is 3. The van der Waals surface area contributed by atoms with Gasteiger partial charge in [-0.15, -0.1) is 0 Å². The molecule has 18 heavy (non-hydrogen) atoms. The van der Waals surface area contributed by atoms with Crippen molar-refractivity contribution in [3.63, 3.8) is 0 Å². The van der Waals surface area contributed by atoms with Gasteiger partial charge in [-0.25, -0.2) is 0 Å². The van der Waals surface area contributed by atoms with Crippen LogP contribution in [0.5, 0.6) is 5.75 Å². The molecule has 0 bridgehead atoms. The maximum atomic E-state index is 11.4. The Bertz CT molecular complexity index is 379. The molecule has 0 fully saturated rings. The number of esters is 1. The fraction of sp³-hybridized carbons (Fsp3) is 0.500. The number of carbonyl (C=O) groups is 1. The first-order chi connectivity index (χ1) is 8.37. The summed E-state index contributed by atoms with van der Waals surface area (Å²) in [5.41, 5.74) is -0.413. The van der Waals surface area contributed by atoms with E-state index in [2.05, 4.69) is 15.9 Å². The van der Waals surface area contributed by atoms with Crippen molar-refractivity contribution in [2.24, 2.45) is 0 Å². The maximum absolute atomic E-state index is 11.4. The molecule has 0 saturated heterocycles. The fourth-order valence-corrected chi connectivity index (χ4v) is 1.59. The average molecular weight is 315 g/mol. The second-order valence-electron chi connectivity index (χ2n) is 4.99. The van der Waals surface area contributed by atoms with Crippen molar-refractivity contribution < 1.29 is 14.3 Å². The van der Waals surface area contributed by atoms with Crippen LogP contribution in [0.1, 0.15) is 33.6 Å². The Balaban J connectivity index is 2.19. The number of halogens is 1. The van der Waals surface area contributed by atoms with Crippen LogP contribution < -0.4 is 4.74 Å². The van der Waals surface area contributed by atoms with Crippen molar-refractivity contribution in [1.29, 1.82) is 0 Å². The quantitative estimate of drug-likeness (QED) is 0.610. The highest BCUT2D eigenvalue weighted by atomic mass is 79.9. The minimum Gasteiger partial charge on any atom is -0.494 e. The van der Waals surface area contributed by atoms with Crippen LogP contribution in [0, 0.1) is 0 Å². The zero-order chi connectivity index (χ0) is 13.6. The van der Waals surface area contributed by atoms with Gasteiger partial charge in [0.2, 0.25) is 0 Å². The Hall–Kier alpha value is -1.03. The molecular weight excluding hydrogens is 296 g/mol. The van der Waals surface area contributed by atoms with Crippen LogP contribution in [-0.2, 0) is 9.53 Å². The van der Waals surface area contributed by atoms with Gasteiger partial charge in [-0.05, 0) is 51.5 Å². The summed E-state index contributed by atoms with van der Waals surface area (Å²) in [6, 6.07) is 7.61. The van der Waals surface area contributed by atoms with Gasteiger partial charge in [-0.3, -0.25) is 4.79 Å². The summed E-state index contributed by atoms with van der Waals surface area (Å²) in [7, 11) is 0. The largest absolute Gasteiger partial charge is 0.494 e. The standard InChI is InChI=1S/C14H19BrO3/c1-14(2,3)18-13(16)5-4-10-17-12-8-6-11(15)7-9-12/h6-9H,4-5,10H2,1-3H3. The van der Waals surface area contributed by atoms with E-state index in [1.54, 1.807) is 0 Å². The van der Waals surface area contributed by atoms with Crippen LogP contribution >= 0.6 is 15.9 Å². The molecule has 1 aromatic carbocycles. The molecular formula is C14H19BrO3. The van der Waals surface area contributed by atoms with Crippen molar-refractivity contribution >= 4 is 21.9 Å². The van der Waals surface area contributed by atoms with E-state index < -0.39 is 5.60 Å². The van der Waals surface area contributed by atoms with Crippen molar-refractivity contribution in [1.82, 2.24) is 0 Å². The Morgan fingerprint density at radius 2 is 1.83 bits per heavy atom. The summed E-state index contributed by atoms with van der Waals surface area (Å²) in [4.78, 5) is 11.4. The predicted molar refractivity (Wildman–Crippen MR) is 74.7 cm³/mol. The van der Waals surface area contributed by atoms with Crippen molar-refractivity contribution in [2.45, 2.75) is 39.2 Å². The Morgan fingerprint density at radius 1 is 1.22 bits per heavy atom. The minimum atomic E-state index is -0.413. The summed E-state index contributed by atoms with van der Waals surface area (Å²) in [5, 5.41) is 0. The van der Waals surface area contributed by atoms with Crippen LogP contribution in [0.25, 0.3) is 0 Å². The van der Waals surface area contributed by atoms with E-state index in [4.69, 9.17) is 9.47 Å². The van der Waals surface area contributed by atoms with Gasteiger partial charge < -0.3 is 9.47 Å². The molecule has 0 saturated carbocycles. The number of carbonyl (C=O) groups excluding carboxylic acids is 1. The predicted octanol–water partition coefficient (Wildman–Crippen LogP) is 3.95. The van der Waals surface area contributed by atoms with Gasteiger partial charge in [0, 0.05) is 10.9 Å². The van der Waals surface area contributed by atoms with Crippen LogP contribution in [0.4, 0.5) is 0 Å². The fourth-order valence-electron chi connectivity index (χ4n) is 1.33. The minimum absolute atomic E-state index is 0.179. The topological polar surface area (TPSA) is 35.5 Å². The summed E-state index contributed by atoms with van der Waals surface area (Å²) >= 11 is 3.36. The van der Waals surface area contributed by atoms with Gasteiger partial charge >= 0.3 is 5.97 Å². The molecule has 3 nitrogen and oxygen atoms in total. The third-order valence-corrected chi connectivity index (χ3v) is 2.56. The third kappa shape index (κ3) is 6.64. The van der Waals surface area contributed by atoms with Crippen molar-refractivity contribution in [3.05, 3.63) is 28.7 Å². The van der Waals surface area contributed by atoms with Gasteiger partial charge in [-0.2, -0.15) is 0 Å². The van der Waals surface area contributed by atoms with E-state index in [1.807, 2.05) is 45.0 Å². The lowest BCUT2D eigenvalue weighted by Crippen LogP contribution is -2.23. The van der Waals surface area contributed by atoms with Gasteiger partial charge in [0.25, 0.3) is 0 Å². The summed E-state index contributed by atoms with van der Waals surface area (Å²) < 4.78 is 11.7. The molecule has 4 heteroatoms. The lowest BCUT2D eigenvalue weighted by Gasteiger charge is -2.19. The molecule has 0 aliphatic heterocycles. The second-order valence-corrected chi connectivity index (χ2v) is 5.91. The molecule has 1 aromatic rings. The highest BCUT2D eigenvalue weighted by Gasteiger charge is 2.15. The molecule has 0 aliphatic carbocycles. The molecule has 0 radical (unpaired) electrons. The summed E-state index contributed by atoms with van der Waals surface area (Å²) in [6.07, 6.45) is 1.04. The van der Waals surface area contributed by atoms with E-state index in [9.17, 15) is 4.79 Å². The highest BCUT2D eigenvalue weighted by Crippen LogP contribution is 2.16. The molecule has 1 rings (SSSR count). The first-order valence-electron chi connectivity index (χ1n) is 5.97. The summed E-state index contributed by atoms with van der Waals surface area (Å²) in [6.45, 7) is 6.11. The SMILES string of the molecule is CC(C)(C)OC(=O)CCCOc1ccc(Br)cc1. The molecule has 0 N–H and O–H groups in total. The molecule has 100 valence electrons. The molecule has 0 aromatic heterocycles.